The Balaban J connectivity index is 2.12. The van der Waals surface area contributed by atoms with Crippen LogP contribution in [0.2, 0.25) is 0 Å². The highest BCUT2D eigenvalue weighted by Gasteiger charge is 2.04. The van der Waals surface area contributed by atoms with Crippen molar-refractivity contribution >= 4 is 11.7 Å². The minimum Gasteiger partial charge on any atom is -0.478 e. The van der Waals surface area contributed by atoms with Crippen LogP contribution in [0.4, 0.5) is 10.1 Å². The molecule has 0 atom stereocenters. The molecule has 0 aromatic heterocycles. The number of rotatable bonds is 4. The zero-order valence-electron chi connectivity index (χ0n) is 10.5. The van der Waals surface area contributed by atoms with E-state index in [-0.39, 0.29) is 11.4 Å². The number of carboxylic acid groups (broad SMARTS) is 1. The Morgan fingerprint density at radius 2 is 2.05 bits per heavy atom. The molecule has 0 spiro atoms. The Morgan fingerprint density at radius 1 is 1.26 bits per heavy atom. The summed E-state index contributed by atoms with van der Waals surface area (Å²) in [5.41, 5.74) is 2.76. The normalized spacial score (nSPS) is 10.2. The van der Waals surface area contributed by atoms with Crippen molar-refractivity contribution in [2.75, 3.05) is 5.32 Å². The summed E-state index contributed by atoms with van der Waals surface area (Å²) < 4.78 is 13.1. The molecule has 19 heavy (non-hydrogen) atoms. The largest absolute Gasteiger partial charge is 0.478 e. The van der Waals surface area contributed by atoms with Crippen LogP contribution in [0.3, 0.4) is 0 Å². The predicted molar refractivity (Wildman–Crippen MR) is 71.9 cm³/mol. The Bertz CT molecular complexity index is 611. The van der Waals surface area contributed by atoms with E-state index >= 15 is 0 Å². The molecule has 98 valence electrons. The van der Waals surface area contributed by atoms with Crippen LogP contribution in [0, 0.1) is 12.7 Å². The predicted octanol–water partition coefficient (Wildman–Crippen LogP) is 3.44. The van der Waals surface area contributed by atoms with E-state index in [0.29, 0.717) is 12.2 Å². The van der Waals surface area contributed by atoms with Crippen LogP contribution in [0.25, 0.3) is 0 Å². The second-order valence-corrected chi connectivity index (χ2v) is 4.31. The van der Waals surface area contributed by atoms with Gasteiger partial charge in [0.05, 0.1) is 5.56 Å². The van der Waals surface area contributed by atoms with Gasteiger partial charge in [-0.15, -0.1) is 0 Å². The van der Waals surface area contributed by atoms with Crippen molar-refractivity contribution in [1.29, 1.82) is 0 Å². The third-order valence-corrected chi connectivity index (χ3v) is 2.90. The molecule has 0 radical (unpaired) electrons. The molecule has 0 amide bonds. The average Bonchev–Trinajstić information content (AvgIpc) is 2.40. The van der Waals surface area contributed by atoms with E-state index < -0.39 is 5.97 Å². The first-order chi connectivity index (χ1) is 9.06. The van der Waals surface area contributed by atoms with E-state index in [4.69, 9.17) is 5.11 Å². The molecule has 4 heteroatoms. The van der Waals surface area contributed by atoms with Gasteiger partial charge in [0.2, 0.25) is 0 Å². The van der Waals surface area contributed by atoms with Crippen molar-refractivity contribution in [2.24, 2.45) is 0 Å². The lowest BCUT2D eigenvalue weighted by atomic mass is 10.1. The van der Waals surface area contributed by atoms with Gasteiger partial charge in [0.15, 0.2) is 0 Å². The number of aryl methyl sites for hydroxylation is 1. The number of nitrogens with one attached hydrogen (secondary N) is 1. The first kappa shape index (κ1) is 13.1. The molecule has 0 aliphatic rings. The van der Waals surface area contributed by atoms with E-state index in [0.717, 1.165) is 11.1 Å². The maximum Gasteiger partial charge on any atom is 0.335 e. The number of hydrogen-bond acceptors (Lipinski definition) is 2. The molecule has 2 N–H and O–H groups in total. The second-order valence-electron chi connectivity index (χ2n) is 4.31. The SMILES string of the molecule is Cc1ccc(F)cc1CNc1cccc(C(=O)O)c1. The lowest BCUT2D eigenvalue weighted by Crippen LogP contribution is -2.03. The number of carboxylic acids is 1. The Labute approximate surface area is 110 Å². The van der Waals surface area contributed by atoms with E-state index in [2.05, 4.69) is 5.32 Å². The zero-order chi connectivity index (χ0) is 13.8. The van der Waals surface area contributed by atoms with Gasteiger partial charge in [0.1, 0.15) is 5.82 Å². The fourth-order valence-corrected chi connectivity index (χ4v) is 1.79. The Hall–Kier alpha value is -2.36. The molecule has 0 bridgehead atoms. The number of anilines is 1. The topological polar surface area (TPSA) is 49.3 Å². The monoisotopic (exact) mass is 259 g/mol. The summed E-state index contributed by atoms with van der Waals surface area (Å²) in [6, 6.07) is 11.1. The maximum absolute atomic E-state index is 13.1. The molecular weight excluding hydrogens is 245 g/mol. The van der Waals surface area contributed by atoms with Crippen LogP contribution in [0.15, 0.2) is 42.5 Å². The van der Waals surface area contributed by atoms with Gasteiger partial charge in [-0.3, -0.25) is 0 Å². The van der Waals surface area contributed by atoms with Crippen molar-refractivity contribution in [1.82, 2.24) is 0 Å². The molecule has 2 rings (SSSR count). The molecule has 0 heterocycles. The van der Waals surface area contributed by atoms with Gasteiger partial charge in [-0.1, -0.05) is 12.1 Å². The van der Waals surface area contributed by atoms with Crippen molar-refractivity contribution in [2.45, 2.75) is 13.5 Å². The molecule has 0 fully saturated rings. The van der Waals surface area contributed by atoms with E-state index in [1.54, 1.807) is 24.3 Å². The minimum atomic E-state index is -0.967. The van der Waals surface area contributed by atoms with Crippen LogP contribution in [0.1, 0.15) is 21.5 Å². The van der Waals surface area contributed by atoms with Gasteiger partial charge in [-0.2, -0.15) is 0 Å². The lowest BCUT2D eigenvalue weighted by Gasteiger charge is -2.09. The summed E-state index contributed by atoms with van der Waals surface area (Å²) in [5, 5.41) is 12.0. The summed E-state index contributed by atoms with van der Waals surface area (Å²) >= 11 is 0. The fraction of sp³-hybridized carbons (Fsp3) is 0.133. The molecule has 2 aromatic carbocycles. The number of benzene rings is 2. The molecule has 0 saturated heterocycles. The Kier molecular flexibility index (Phi) is 3.80. The second kappa shape index (κ2) is 5.52. The van der Waals surface area contributed by atoms with Crippen LogP contribution in [0.5, 0.6) is 0 Å². The number of aromatic carboxylic acids is 1. The molecule has 0 unspecified atom stereocenters. The standard InChI is InChI=1S/C15H14FNO2/c1-10-5-6-13(16)7-12(10)9-17-14-4-2-3-11(8-14)15(18)19/h2-8,17H,9H2,1H3,(H,18,19). The highest BCUT2D eigenvalue weighted by atomic mass is 19.1. The Morgan fingerprint density at radius 3 is 2.79 bits per heavy atom. The van der Waals surface area contributed by atoms with Crippen LogP contribution in [-0.4, -0.2) is 11.1 Å². The van der Waals surface area contributed by atoms with Gasteiger partial charge in [-0.05, 0) is 48.4 Å². The van der Waals surface area contributed by atoms with Gasteiger partial charge in [0.25, 0.3) is 0 Å². The van der Waals surface area contributed by atoms with Crippen LogP contribution < -0.4 is 5.32 Å². The molecular formula is C15H14FNO2. The summed E-state index contributed by atoms with van der Waals surface area (Å²) in [6.45, 7) is 2.36. The average molecular weight is 259 g/mol. The first-order valence-corrected chi connectivity index (χ1v) is 5.88. The number of halogens is 1. The van der Waals surface area contributed by atoms with Crippen molar-refractivity contribution in [3.63, 3.8) is 0 Å². The van der Waals surface area contributed by atoms with E-state index in [1.165, 1.54) is 18.2 Å². The van der Waals surface area contributed by atoms with Crippen molar-refractivity contribution in [3.05, 3.63) is 65.0 Å². The zero-order valence-corrected chi connectivity index (χ0v) is 10.5. The van der Waals surface area contributed by atoms with Crippen LogP contribution in [-0.2, 0) is 6.54 Å². The summed E-state index contributed by atoms with van der Waals surface area (Å²) in [5.74, 6) is -1.24. The number of hydrogen-bond donors (Lipinski definition) is 2. The van der Waals surface area contributed by atoms with Crippen molar-refractivity contribution < 1.29 is 14.3 Å². The third kappa shape index (κ3) is 3.31. The van der Waals surface area contributed by atoms with Crippen LogP contribution >= 0.6 is 0 Å². The molecule has 2 aromatic rings. The summed E-state index contributed by atoms with van der Waals surface area (Å²) in [6.07, 6.45) is 0. The van der Waals surface area contributed by atoms with E-state index in [1.807, 2.05) is 6.92 Å². The molecule has 0 aliphatic heterocycles. The molecule has 0 aliphatic carbocycles. The minimum absolute atomic E-state index is 0.223. The summed E-state index contributed by atoms with van der Waals surface area (Å²) in [4.78, 5) is 10.8. The van der Waals surface area contributed by atoms with Crippen molar-refractivity contribution in [3.8, 4) is 0 Å². The highest BCUT2D eigenvalue weighted by Crippen LogP contribution is 2.15. The number of carbonyl (C=O) groups is 1. The summed E-state index contributed by atoms with van der Waals surface area (Å²) in [7, 11) is 0. The van der Waals surface area contributed by atoms with Gasteiger partial charge in [-0.25, -0.2) is 9.18 Å². The maximum atomic E-state index is 13.1. The van der Waals surface area contributed by atoms with Gasteiger partial charge < -0.3 is 10.4 Å². The fourth-order valence-electron chi connectivity index (χ4n) is 1.79. The molecule has 0 saturated carbocycles. The smallest absolute Gasteiger partial charge is 0.335 e. The molecule has 3 nitrogen and oxygen atoms in total. The quantitative estimate of drug-likeness (QED) is 0.884. The third-order valence-electron chi connectivity index (χ3n) is 2.90. The first-order valence-electron chi connectivity index (χ1n) is 5.88. The van der Waals surface area contributed by atoms with E-state index in [9.17, 15) is 9.18 Å². The van der Waals surface area contributed by atoms with Gasteiger partial charge in [0, 0.05) is 12.2 Å². The van der Waals surface area contributed by atoms with Gasteiger partial charge >= 0.3 is 5.97 Å². The highest BCUT2D eigenvalue weighted by molar-refractivity contribution is 5.88. The lowest BCUT2D eigenvalue weighted by molar-refractivity contribution is 0.0697.